The van der Waals surface area contributed by atoms with Gasteiger partial charge in [0.05, 0.1) is 6.54 Å². The average molecular weight is 343 g/mol. The van der Waals surface area contributed by atoms with E-state index in [1.165, 1.54) is 5.56 Å². The summed E-state index contributed by atoms with van der Waals surface area (Å²) in [6, 6.07) is 10.5. The van der Waals surface area contributed by atoms with E-state index in [9.17, 15) is 9.59 Å². The second-order valence-electron chi connectivity index (χ2n) is 7.08. The lowest BCUT2D eigenvalue weighted by Gasteiger charge is -2.35. The minimum absolute atomic E-state index is 0.109. The molecule has 2 aliphatic rings. The zero-order chi connectivity index (χ0) is 17.5. The van der Waals surface area contributed by atoms with E-state index < -0.39 is 0 Å². The first-order valence-corrected chi connectivity index (χ1v) is 9.54. The fourth-order valence-electron chi connectivity index (χ4n) is 3.62. The third kappa shape index (κ3) is 5.30. The Labute approximate surface area is 150 Å². The minimum atomic E-state index is 0.109. The third-order valence-electron chi connectivity index (χ3n) is 5.28. The number of carbonyl (C=O) groups excluding carboxylic acids is 2. The van der Waals surface area contributed by atoms with E-state index >= 15 is 0 Å². The van der Waals surface area contributed by atoms with E-state index in [0.29, 0.717) is 6.42 Å². The predicted molar refractivity (Wildman–Crippen MR) is 98.2 cm³/mol. The molecule has 2 amide bonds. The first kappa shape index (κ1) is 17.9. The maximum absolute atomic E-state index is 12.5. The molecule has 0 aliphatic carbocycles. The van der Waals surface area contributed by atoms with Gasteiger partial charge in [-0.05, 0) is 24.8 Å². The van der Waals surface area contributed by atoms with E-state index in [-0.39, 0.29) is 18.4 Å². The summed E-state index contributed by atoms with van der Waals surface area (Å²) in [5, 5.41) is 0. The van der Waals surface area contributed by atoms with Crippen LogP contribution in [0.15, 0.2) is 30.3 Å². The predicted octanol–water partition coefficient (Wildman–Crippen LogP) is 1.78. The second kappa shape index (κ2) is 8.99. The number of hydrogen-bond acceptors (Lipinski definition) is 3. The lowest BCUT2D eigenvalue weighted by molar-refractivity contribution is -0.141. The fraction of sp³-hybridized carbons (Fsp3) is 0.600. The molecule has 2 heterocycles. The lowest BCUT2D eigenvalue weighted by atomic mass is 10.1. The standard InChI is InChI=1S/C20H29N3O2/c24-19-9-5-2-6-11-23(19)17-20(25)22-15-13-21(14-16-22)12-10-18-7-3-1-4-8-18/h1,3-4,7-8H,2,5-6,9-17H2. The Morgan fingerprint density at radius 1 is 0.920 bits per heavy atom. The van der Waals surface area contributed by atoms with Gasteiger partial charge in [-0.3, -0.25) is 14.5 Å². The van der Waals surface area contributed by atoms with Crippen LogP contribution in [0.1, 0.15) is 31.2 Å². The monoisotopic (exact) mass is 343 g/mol. The van der Waals surface area contributed by atoms with Gasteiger partial charge in [0, 0.05) is 45.7 Å². The van der Waals surface area contributed by atoms with Gasteiger partial charge in [0.25, 0.3) is 0 Å². The highest BCUT2D eigenvalue weighted by atomic mass is 16.2. The molecule has 136 valence electrons. The largest absolute Gasteiger partial charge is 0.339 e. The quantitative estimate of drug-likeness (QED) is 0.818. The summed E-state index contributed by atoms with van der Waals surface area (Å²) < 4.78 is 0. The van der Waals surface area contributed by atoms with Crippen LogP contribution in [0.3, 0.4) is 0 Å². The zero-order valence-corrected chi connectivity index (χ0v) is 15.0. The Morgan fingerprint density at radius 2 is 1.68 bits per heavy atom. The molecule has 5 nitrogen and oxygen atoms in total. The van der Waals surface area contributed by atoms with Gasteiger partial charge in [-0.1, -0.05) is 36.8 Å². The van der Waals surface area contributed by atoms with Gasteiger partial charge in [-0.15, -0.1) is 0 Å². The van der Waals surface area contributed by atoms with E-state index in [1.54, 1.807) is 4.90 Å². The number of nitrogens with zero attached hydrogens (tertiary/aromatic N) is 3. The van der Waals surface area contributed by atoms with E-state index in [0.717, 1.165) is 65.0 Å². The van der Waals surface area contributed by atoms with Crippen LogP contribution in [0.5, 0.6) is 0 Å². The van der Waals surface area contributed by atoms with Crippen molar-refractivity contribution in [3.8, 4) is 0 Å². The molecule has 0 aromatic heterocycles. The third-order valence-corrected chi connectivity index (χ3v) is 5.28. The first-order valence-electron chi connectivity index (χ1n) is 9.54. The van der Waals surface area contributed by atoms with Crippen molar-refractivity contribution in [1.29, 1.82) is 0 Å². The normalized spacial score (nSPS) is 19.8. The molecule has 1 aromatic rings. The molecule has 0 bridgehead atoms. The van der Waals surface area contributed by atoms with Gasteiger partial charge in [0.1, 0.15) is 0 Å². The molecule has 2 saturated heterocycles. The molecular weight excluding hydrogens is 314 g/mol. The van der Waals surface area contributed by atoms with Crippen LogP contribution < -0.4 is 0 Å². The van der Waals surface area contributed by atoms with Crippen molar-refractivity contribution >= 4 is 11.8 Å². The zero-order valence-electron chi connectivity index (χ0n) is 15.0. The highest BCUT2D eigenvalue weighted by Gasteiger charge is 2.25. The molecule has 0 spiro atoms. The Kier molecular flexibility index (Phi) is 6.45. The van der Waals surface area contributed by atoms with Gasteiger partial charge >= 0.3 is 0 Å². The molecule has 1 aromatic carbocycles. The molecule has 0 N–H and O–H groups in total. The summed E-state index contributed by atoms with van der Waals surface area (Å²) in [7, 11) is 0. The van der Waals surface area contributed by atoms with Crippen LogP contribution in [0, 0.1) is 0 Å². The Hall–Kier alpha value is -1.88. The van der Waals surface area contributed by atoms with Crippen molar-refractivity contribution in [2.45, 2.75) is 32.1 Å². The number of likely N-dealkylation sites (tertiary alicyclic amines) is 1. The molecule has 25 heavy (non-hydrogen) atoms. The summed E-state index contributed by atoms with van der Waals surface area (Å²) in [6.07, 6.45) is 4.73. The van der Waals surface area contributed by atoms with Crippen molar-refractivity contribution in [2.75, 3.05) is 45.8 Å². The van der Waals surface area contributed by atoms with E-state index in [4.69, 9.17) is 0 Å². The average Bonchev–Trinajstić information content (AvgIpc) is 2.86. The number of piperazine rings is 1. The molecule has 5 heteroatoms. The molecule has 0 unspecified atom stereocenters. The Bertz CT molecular complexity index is 568. The van der Waals surface area contributed by atoms with Crippen LogP contribution in [-0.4, -0.2) is 72.3 Å². The molecule has 2 fully saturated rings. The summed E-state index contributed by atoms with van der Waals surface area (Å²) >= 11 is 0. The lowest BCUT2D eigenvalue weighted by Crippen LogP contribution is -2.52. The molecule has 3 rings (SSSR count). The van der Waals surface area contributed by atoms with Crippen molar-refractivity contribution in [1.82, 2.24) is 14.7 Å². The fourth-order valence-corrected chi connectivity index (χ4v) is 3.62. The van der Waals surface area contributed by atoms with Crippen LogP contribution in [0.4, 0.5) is 0 Å². The number of rotatable bonds is 5. The Morgan fingerprint density at radius 3 is 2.44 bits per heavy atom. The maximum atomic E-state index is 12.5. The van der Waals surface area contributed by atoms with Gasteiger partial charge < -0.3 is 9.80 Å². The number of carbonyl (C=O) groups is 2. The van der Waals surface area contributed by atoms with Gasteiger partial charge in [-0.2, -0.15) is 0 Å². The van der Waals surface area contributed by atoms with Crippen LogP contribution >= 0.6 is 0 Å². The Balaban J connectivity index is 1.40. The minimum Gasteiger partial charge on any atom is -0.339 e. The van der Waals surface area contributed by atoms with Gasteiger partial charge in [0.15, 0.2) is 0 Å². The van der Waals surface area contributed by atoms with Crippen molar-refractivity contribution in [2.24, 2.45) is 0 Å². The van der Waals surface area contributed by atoms with Crippen molar-refractivity contribution in [3.05, 3.63) is 35.9 Å². The summed E-state index contributed by atoms with van der Waals surface area (Å²) in [6.45, 7) is 5.44. The highest BCUT2D eigenvalue weighted by Crippen LogP contribution is 2.12. The van der Waals surface area contributed by atoms with Crippen molar-refractivity contribution < 1.29 is 9.59 Å². The van der Waals surface area contributed by atoms with Crippen LogP contribution in [0.2, 0.25) is 0 Å². The van der Waals surface area contributed by atoms with Crippen molar-refractivity contribution in [3.63, 3.8) is 0 Å². The van der Waals surface area contributed by atoms with E-state index in [1.807, 2.05) is 11.0 Å². The topological polar surface area (TPSA) is 43.9 Å². The molecule has 0 radical (unpaired) electrons. The highest BCUT2D eigenvalue weighted by molar-refractivity contribution is 5.85. The number of amides is 2. The number of benzene rings is 1. The summed E-state index contributed by atoms with van der Waals surface area (Å²) in [4.78, 5) is 30.7. The maximum Gasteiger partial charge on any atom is 0.242 e. The van der Waals surface area contributed by atoms with Crippen LogP contribution in [0.25, 0.3) is 0 Å². The van der Waals surface area contributed by atoms with Crippen LogP contribution in [-0.2, 0) is 16.0 Å². The molecule has 0 saturated carbocycles. The smallest absolute Gasteiger partial charge is 0.242 e. The van der Waals surface area contributed by atoms with Gasteiger partial charge in [0.2, 0.25) is 11.8 Å². The summed E-state index contributed by atoms with van der Waals surface area (Å²) in [5.41, 5.74) is 1.36. The van der Waals surface area contributed by atoms with Gasteiger partial charge in [-0.25, -0.2) is 0 Å². The summed E-state index contributed by atoms with van der Waals surface area (Å²) in [5.74, 6) is 0.255. The first-order chi connectivity index (χ1) is 12.2. The number of hydrogen-bond donors (Lipinski definition) is 0. The molecular formula is C20H29N3O2. The van der Waals surface area contributed by atoms with E-state index in [2.05, 4.69) is 29.2 Å². The molecule has 0 atom stereocenters. The SMILES string of the molecule is O=C(CN1CCCCCC1=O)N1CCN(CCc2ccccc2)CC1. The molecule has 2 aliphatic heterocycles. The second-order valence-corrected chi connectivity index (χ2v) is 7.08.